The molecule has 0 aliphatic carbocycles. The number of aliphatic imine (C=N–C) groups is 1. The minimum Gasteiger partial charge on any atom is -0.357 e. The zero-order valence-corrected chi connectivity index (χ0v) is 16.7. The quantitative estimate of drug-likeness (QED) is 0.229. The number of halogens is 1. The molecule has 0 aliphatic heterocycles. The van der Waals surface area contributed by atoms with Crippen molar-refractivity contribution >= 4 is 35.6 Å². The molecule has 0 aliphatic rings. The van der Waals surface area contributed by atoms with Crippen molar-refractivity contribution in [2.75, 3.05) is 6.54 Å². The van der Waals surface area contributed by atoms with Crippen molar-refractivity contribution in [2.24, 2.45) is 4.99 Å². The van der Waals surface area contributed by atoms with Crippen LogP contribution in [0.1, 0.15) is 23.6 Å². The lowest BCUT2D eigenvalue weighted by atomic mass is 10.1. The van der Waals surface area contributed by atoms with E-state index in [4.69, 9.17) is 0 Å². The van der Waals surface area contributed by atoms with Gasteiger partial charge in [-0.3, -0.25) is 10.1 Å². The summed E-state index contributed by atoms with van der Waals surface area (Å²) in [4.78, 5) is 14.8. The lowest BCUT2D eigenvalue weighted by Crippen LogP contribution is -2.36. The molecular weight excluding hydrogens is 431 g/mol. The van der Waals surface area contributed by atoms with Crippen LogP contribution < -0.4 is 10.6 Å². The van der Waals surface area contributed by atoms with Gasteiger partial charge in [0.2, 0.25) is 0 Å². The van der Waals surface area contributed by atoms with Crippen LogP contribution >= 0.6 is 24.0 Å². The van der Waals surface area contributed by atoms with Gasteiger partial charge >= 0.3 is 0 Å². The van der Waals surface area contributed by atoms with Gasteiger partial charge in [-0.2, -0.15) is 0 Å². The Bertz CT molecular complexity index is 717. The van der Waals surface area contributed by atoms with Crippen LogP contribution in [-0.2, 0) is 13.1 Å². The first-order chi connectivity index (χ1) is 11.6. The number of aryl methyl sites for hydroxylation is 1. The molecule has 0 aromatic heterocycles. The molecule has 0 atom stereocenters. The summed E-state index contributed by atoms with van der Waals surface area (Å²) in [7, 11) is 0. The Hall–Kier alpha value is -2.16. The minimum atomic E-state index is -0.398. The third-order valence-corrected chi connectivity index (χ3v) is 3.45. The van der Waals surface area contributed by atoms with Gasteiger partial charge in [-0.15, -0.1) is 24.0 Å². The molecule has 0 spiro atoms. The Balaban J connectivity index is 0.00000312. The average Bonchev–Trinajstić information content (AvgIpc) is 2.58. The van der Waals surface area contributed by atoms with Crippen molar-refractivity contribution in [1.29, 1.82) is 0 Å². The van der Waals surface area contributed by atoms with E-state index < -0.39 is 4.92 Å². The highest BCUT2D eigenvalue weighted by molar-refractivity contribution is 14.0. The zero-order valence-electron chi connectivity index (χ0n) is 14.4. The largest absolute Gasteiger partial charge is 0.357 e. The van der Waals surface area contributed by atoms with Crippen LogP contribution in [0.5, 0.6) is 0 Å². The topological polar surface area (TPSA) is 79.6 Å². The molecule has 0 radical (unpaired) electrons. The first-order valence-electron chi connectivity index (χ1n) is 7.89. The highest BCUT2D eigenvalue weighted by atomic mass is 127. The summed E-state index contributed by atoms with van der Waals surface area (Å²) in [6.45, 7) is 5.98. The average molecular weight is 454 g/mol. The monoisotopic (exact) mass is 454 g/mol. The van der Waals surface area contributed by atoms with Crippen LogP contribution in [-0.4, -0.2) is 17.4 Å². The molecule has 2 aromatic rings. The van der Waals surface area contributed by atoms with Crippen molar-refractivity contribution < 1.29 is 4.92 Å². The van der Waals surface area contributed by atoms with E-state index in [0.29, 0.717) is 13.1 Å². The highest BCUT2D eigenvalue weighted by Gasteiger charge is 2.04. The lowest BCUT2D eigenvalue weighted by molar-refractivity contribution is -0.384. The fourth-order valence-corrected chi connectivity index (χ4v) is 2.24. The summed E-state index contributed by atoms with van der Waals surface area (Å²) in [5.74, 6) is 0.720. The number of hydrogen-bond acceptors (Lipinski definition) is 3. The van der Waals surface area contributed by atoms with E-state index in [0.717, 1.165) is 23.6 Å². The molecule has 2 aromatic carbocycles. The summed E-state index contributed by atoms with van der Waals surface area (Å²) in [5.41, 5.74) is 3.43. The predicted octanol–water partition coefficient (Wildman–Crippen LogP) is 3.78. The molecule has 6 nitrogen and oxygen atoms in total. The molecule has 7 heteroatoms. The normalized spacial score (nSPS) is 10.7. The van der Waals surface area contributed by atoms with Crippen LogP contribution in [0.2, 0.25) is 0 Å². The van der Waals surface area contributed by atoms with Crippen LogP contribution in [0.3, 0.4) is 0 Å². The van der Waals surface area contributed by atoms with Gasteiger partial charge in [0.15, 0.2) is 5.96 Å². The number of guanidine groups is 1. The maximum Gasteiger partial charge on any atom is 0.269 e. The lowest BCUT2D eigenvalue weighted by Gasteiger charge is -2.11. The molecule has 0 unspecified atom stereocenters. The number of non-ortho nitro benzene ring substituents is 1. The fourth-order valence-electron chi connectivity index (χ4n) is 2.24. The van der Waals surface area contributed by atoms with E-state index in [1.54, 1.807) is 12.1 Å². The maximum atomic E-state index is 10.7. The van der Waals surface area contributed by atoms with Crippen molar-refractivity contribution in [3.8, 4) is 0 Å². The molecule has 25 heavy (non-hydrogen) atoms. The van der Waals surface area contributed by atoms with Crippen molar-refractivity contribution in [3.05, 3.63) is 75.3 Å². The summed E-state index contributed by atoms with van der Waals surface area (Å²) in [5, 5.41) is 17.1. The van der Waals surface area contributed by atoms with Crippen molar-refractivity contribution in [3.63, 3.8) is 0 Å². The molecule has 134 valence electrons. The van der Waals surface area contributed by atoms with Gasteiger partial charge in [0, 0.05) is 25.2 Å². The third kappa shape index (κ3) is 7.08. The van der Waals surface area contributed by atoms with E-state index in [2.05, 4.69) is 40.7 Å². The van der Waals surface area contributed by atoms with E-state index in [9.17, 15) is 10.1 Å². The number of nitrogens with one attached hydrogen (secondary N) is 2. The standard InChI is InChI=1S/C18H22N4O2.HI/c1-3-19-18(21-13-16-6-4-5-14(2)11-16)20-12-15-7-9-17(10-8-15)22(23)24;/h4-11H,3,12-13H2,1-2H3,(H2,19,20,21);1H. The Kier molecular flexibility index (Phi) is 8.90. The Morgan fingerprint density at radius 2 is 1.84 bits per heavy atom. The minimum absolute atomic E-state index is 0. The summed E-state index contributed by atoms with van der Waals surface area (Å²) >= 11 is 0. The van der Waals surface area contributed by atoms with E-state index in [1.807, 2.05) is 13.0 Å². The van der Waals surface area contributed by atoms with E-state index >= 15 is 0 Å². The smallest absolute Gasteiger partial charge is 0.269 e. The van der Waals surface area contributed by atoms with Crippen molar-refractivity contribution in [2.45, 2.75) is 26.9 Å². The van der Waals surface area contributed by atoms with E-state index in [-0.39, 0.29) is 29.7 Å². The third-order valence-electron chi connectivity index (χ3n) is 3.45. The number of nitro groups is 1. The van der Waals surface area contributed by atoms with Gasteiger partial charge < -0.3 is 10.6 Å². The number of nitro benzene ring substituents is 1. The summed E-state index contributed by atoms with van der Waals surface area (Å²) in [6, 6.07) is 14.8. The molecule has 0 fully saturated rings. The number of hydrogen-bond donors (Lipinski definition) is 2. The Labute approximate surface area is 164 Å². The van der Waals surface area contributed by atoms with Gasteiger partial charge in [0.05, 0.1) is 11.5 Å². The molecule has 0 amide bonds. The number of nitrogens with zero attached hydrogens (tertiary/aromatic N) is 2. The molecule has 0 saturated carbocycles. The summed E-state index contributed by atoms with van der Waals surface area (Å²) in [6.07, 6.45) is 0. The molecule has 0 saturated heterocycles. The van der Waals surface area contributed by atoms with Gasteiger partial charge in [0.1, 0.15) is 0 Å². The van der Waals surface area contributed by atoms with Crippen LogP contribution in [0.4, 0.5) is 5.69 Å². The van der Waals surface area contributed by atoms with Gasteiger partial charge in [-0.1, -0.05) is 42.0 Å². The molecule has 2 N–H and O–H groups in total. The first-order valence-corrected chi connectivity index (χ1v) is 7.89. The van der Waals surface area contributed by atoms with Gasteiger partial charge in [-0.25, -0.2) is 4.99 Å². The zero-order chi connectivity index (χ0) is 17.4. The van der Waals surface area contributed by atoms with Crippen LogP contribution in [0.15, 0.2) is 53.5 Å². The number of benzene rings is 2. The van der Waals surface area contributed by atoms with Crippen LogP contribution in [0, 0.1) is 17.0 Å². The predicted molar refractivity (Wildman–Crippen MR) is 111 cm³/mol. The second kappa shape index (κ2) is 10.7. The fraction of sp³-hybridized carbons (Fsp3) is 0.278. The maximum absolute atomic E-state index is 10.7. The summed E-state index contributed by atoms with van der Waals surface area (Å²) < 4.78 is 0. The van der Waals surface area contributed by atoms with Gasteiger partial charge in [0.25, 0.3) is 5.69 Å². The highest BCUT2D eigenvalue weighted by Crippen LogP contribution is 2.11. The Morgan fingerprint density at radius 3 is 2.44 bits per heavy atom. The molecular formula is C18H23IN4O2. The second-order valence-corrected chi connectivity index (χ2v) is 5.46. The molecule has 2 rings (SSSR count). The van der Waals surface area contributed by atoms with Crippen LogP contribution in [0.25, 0.3) is 0 Å². The van der Waals surface area contributed by atoms with Crippen molar-refractivity contribution in [1.82, 2.24) is 10.6 Å². The van der Waals surface area contributed by atoms with E-state index in [1.165, 1.54) is 17.7 Å². The SMILES string of the molecule is CCNC(=NCc1cccc(C)c1)NCc1ccc([N+](=O)[O-])cc1.I. The second-order valence-electron chi connectivity index (χ2n) is 5.46. The van der Waals surface area contributed by atoms with Gasteiger partial charge in [-0.05, 0) is 25.0 Å². The Morgan fingerprint density at radius 1 is 1.12 bits per heavy atom. The first kappa shape index (κ1) is 20.9. The number of rotatable bonds is 6. The molecule has 0 bridgehead atoms. The molecule has 0 heterocycles.